The van der Waals surface area contributed by atoms with E-state index in [2.05, 4.69) is 216 Å². The lowest BCUT2D eigenvalue weighted by Crippen LogP contribution is -2.10. The van der Waals surface area contributed by atoms with E-state index in [0.29, 0.717) is 0 Å². The molecule has 9 aromatic carbocycles. The highest BCUT2D eigenvalue weighted by Crippen LogP contribution is 2.45. The van der Waals surface area contributed by atoms with Crippen molar-refractivity contribution in [1.29, 1.82) is 0 Å². The summed E-state index contributed by atoms with van der Waals surface area (Å²) in [5.74, 6) is 0. The van der Waals surface area contributed by atoms with Crippen LogP contribution in [0.25, 0.3) is 71.3 Å². The summed E-state index contributed by atoms with van der Waals surface area (Å²) in [5.41, 5.74) is 11.6. The molecule has 52 heavy (non-hydrogen) atoms. The van der Waals surface area contributed by atoms with Gasteiger partial charge in [0.25, 0.3) is 0 Å². The molecule has 10 rings (SSSR count). The van der Waals surface area contributed by atoms with Crippen LogP contribution in [0.2, 0.25) is 0 Å². The third-order valence-corrected chi connectivity index (χ3v) is 10.3. The Balaban J connectivity index is 1.28. The lowest BCUT2D eigenvalue weighted by molar-refractivity contribution is 1.18. The molecule has 0 saturated carbocycles. The van der Waals surface area contributed by atoms with Gasteiger partial charge < -0.3 is 9.47 Å². The maximum Gasteiger partial charge on any atom is 0.0562 e. The van der Waals surface area contributed by atoms with Gasteiger partial charge in [0.1, 0.15) is 0 Å². The number of hydrogen-bond donors (Lipinski definition) is 0. The first kappa shape index (κ1) is 30.0. The van der Waals surface area contributed by atoms with E-state index >= 15 is 0 Å². The molecule has 2 heteroatoms. The first-order valence-corrected chi connectivity index (χ1v) is 17.9. The van der Waals surface area contributed by atoms with Gasteiger partial charge in [0, 0.05) is 27.7 Å². The van der Waals surface area contributed by atoms with Crippen molar-refractivity contribution in [3.05, 3.63) is 206 Å². The predicted molar refractivity (Wildman–Crippen MR) is 221 cm³/mol. The molecule has 244 valence electrons. The predicted octanol–water partition coefficient (Wildman–Crippen LogP) is 13.9. The average molecular weight is 663 g/mol. The second kappa shape index (κ2) is 12.5. The van der Waals surface area contributed by atoms with Gasteiger partial charge in [-0.05, 0) is 98.9 Å². The van der Waals surface area contributed by atoms with Crippen LogP contribution in [0.3, 0.4) is 0 Å². The lowest BCUT2D eigenvalue weighted by atomic mass is 9.95. The molecule has 0 N–H and O–H groups in total. The van der Waals surface area contributed by atoms with Gasteiger partial charge in [0.15, 0.2) is 0 Å². The van der Waals surface area contributed by atoms with Crippen LogP contribution in [-0.4, -0.2) is 4.57 Å². The van der Waals surface area contributed by atoms with Gasteiger partial charge >= 0.3 is 0 Å². The summed E-state index contributed by atoms with van der Waals surface area (Å²) in [7, 11) is 0. The summed E-state index contributed by atoms with van der Waals surface area (Å²) >= 11 is 0. The zero-order valence-electron chi connectivity index (χ0n) is 28.5. The van der Waals surface area contributed by atoms with Gasteiger partial charge in [-0.2, -0.15) is 0 Å². The van der Waals surface area contributed by atoms with Gasteiger partial charge in [0.2, 0.25) is 0 Å². The topological polar surface area (TPSA) is 8.17 Å². The Morgan fingerprint density at radius 3 is 1.56 bits per heavy atom. The normalized spacial score (nSPS) is 11.5. The number of nitrogens with zero attached hydrogens (tertiary/aromatic N) is 2. The summed E-state index contributed by atoms with van der Waals surface area (Å²) in [4.78, 5) is 2.38. The van der Waals surface area contributed by atoms with Crippen LogP contribution in [0, 0.1) is 0 Å². The van der Waals surface area contributed by atoms with Gasteiger partial charge in [-0.25, -0.2) is 0 Å². The van der Waals surface area contributed by atoms with E-state index in [1.165, 1.54) is 60.1 Å². The zero-order chi connectivity index (χ0) is 34.4. The van der Waals surface area contributed by atoms with Gasteiger partial charge in [-0.15, -0.1) is 0 Å². The SMILES string of the molecule is c1ccc(N(c2ccccc2)c2cccc3c2c2ccccc2n3-c2cc(-c3ccc4ccccc4c3)ccc2-c2ccc3ccccc3c2)cc1. The molecule has 0 aliphatic rings. The lowest BCUT2D eigenvalue weighted by Gasteiger charge is -2.26. The largest absolute Gasteiger partial charge is 0.310 e. The van der Waals surface area contributed by atoms with E-state index in [9.17, 15) is 0 Å². The van der Waals surface area contributed by atoms with Crippen molar-refractivity contribution in [2.24, 2.45) is 0 Å². The fourth-order valence-electron chi connectivity index (χ4n) is 7.89. The molecule has 0 fully saturated rings. The summed E-state index contributed by atoms with van der Waals surface area (Å²) in [6, 6.07) is 74.8. The van der Waals surface area contributed by atoms with Crippen LogP contribution in [0.5, 0.6) is 0 Å². The number of rotatable bonds is 6. The van der Waals surface area contributed by atoms with Crippen molar-refractivity contribution in [2.75, 3.05) is 4.90 Å². The molecular formula is C50H34N2. The molecule has 1 aromatic heterocycles. The fourth-order valence-corrected chi connectivity index (χ4v) is 7.89. The minimum atomic E-state index is 1.12. The highest BCUT2D eigenvalue weighted by atomic mass is 15.1. The fraction of sp³-hybridized carbons (Fsp3) is 0. The standard InChI is InChI=1S/C50H34N2/c1-3-18-42(19-4-1)51(43-20-5-2-6-21-43)47-24-13-25-48-50(47)45-22-11-12-23-46(45)52(48)49-34-40(39-28-26-35-14-7-9-16-37(35)32-39)30-31-44(49)41-29-27-36-15-8-10-17-38(36)33-41/h1-34H. The Morgan fingerprint density at radius 2 is 0.865 bits per heavy atom. The van der Waals surface area contributed by atoms with Crippen molar-refractivity contribution in [2.45, 2.75) is 0 Å². The number of aromatic nitrogens is 1. The third-order valence-electron chi connectivity index (χ3n) is 10.3. The minimum absolute atomic E-state index is 1.12. The van der Waals surface area contributed by atoms with Crippen molar-refractivity contribution in [1.82, 2.24) is 4.57 Å². The monoisotopic (exact) mass is 662 g/mol. The van der Waals surface area contributed by atoms with Crippen LogP contribution in [0.4, 0.5) is 17.1 Å². The molecule has 10 aromatic rings. The second-order valence-electron chi connectivity index (χ2n) is 13.4. The van der Waals surface area contributed by atoms with Crippen LogP contribution in [0.1, 0.15) is 0 Å². The number of benzene rings is 9. The molecule has 0 radical (unpaired) electrons. The number of hydrogen-bond acceptors (Lipinski definition) is 1. The molecule has 0 amide bonds. The maximum atomic E-state index is 2.48. The summed E-state index contributed by atoms with van der Waals surface area (Å²) in [6.45, 7) is 0. The average Bonchev–Trinajstić information content (AvgIpc) is 3.56. The van der Waals surface area contributed by atoms with Crippen molar-refractivity contribution in [3.8, 4) is 27.9 Å². The third kappa shape index (κ3) is 5.04. The quantitative estimate of drug-likeness (QED) is 0.172. The number of fused-ring (bicyclic) bond motifs is 5. The summed E-state index contributed by atoms with van der Waals surface area (Å²) in [6.07, 6.45) is 0. The molecular weight excluding hydrogens is 629 g/mol. The first-order valence-electron chi connectivity index (χ1n) is 17.9. The van der Waals surface area contributed by atoms with Crippen molar-refractivity contribution < 1.29 is 0 Å². The molecule has 0 unspecified atom stereocenters. The molecule has 0 saturated heterocycles. The Hall–Kier alpha value is -6.90. The van der Waals surface area contributed by atoms with Crippen LogP contribution in [0.15, 0.2) is 206 Å². The highest BCUT2D eigenvalue weighted by Gasteiger charge is 2.22. The van der Waals surface area contributed by atoms with E-state index in [-0.39, 0.29) is 0 Å². The molecule has 0 atom stereocenters. The molecule has 2 nitrogen and oxygen atoms in total. The van der Waals surface area contributed by atoms with Crippen molar-refractivity contribution >= 4 is 60.4 Å². The molecule has 0 bridgehead atoms. The maximum absolute atomic E-state index is 2.48. The molecule has 0 spiro atoms. The van der Waals surface area contributed by atoms with E-state index in [1.54, 1.807) is 0 Å². The number of para-hydroxylation sites is 3. The van der Waals surface area contributed by atoms with Gasteiger partial charge in [0.05, 0.1) is 22.4 Å². The molecule has 0 aliphatic carbocycles. The van der Waals surface area contributed by atoms with Crippen molar-refractivity contribution in [3.63, 3.8) is 0 Å². The van der Waals surface area contributed by atoms with Crippen LogP contribution in [-0.2, 0) is 0 Å². The van der Waals surface area contributed by atoms with E-state index < -0.39 is 0 Å². The second-order valence-corrected chi connectivity index (χ2v) is 13.4. The van der Waals surface area contributed by atoms with Gasteiger partial charge in [-0.1, -0.05) is 146 Å². The molecule has 1 heterocycles. The van der Waals surface area contributed by atoms with E-state index in [4.69, 9.17) is 0 Å². The Morgan fingerprint density at radius 1 is 0.346 bits per heavy atom. The highest BCUT2D eigenvalue weighted by molar-refractivity contribution is 6.17. The van der Waals surface area contributed by atoms with E-state index in [0.717, 1.165) is 28.3 Å². The van der Waals surface area contributed by atoms with E-state index in [1.807, 2.05) is 0 Å². The first-order chi connectivity index (χ1) is 25.8. The molecule has 0 aliphatic heterocycles. The van der Waals surface area contributed by atoms with Gasteiger partial charge in [-0.3, -0.25) is 0 Å². The smallest absolute Gasteiger partial charge is 0.0562 e. The van der Waals surface area contributed by atoms with Crippen LogP contribution >= 0.6 is 0 Å². The van der Waals surface area contributed by atoms with Crippen LogP contribution < -0.4 is 4.90 Å². The summed E-state index contributed by atoms with van der Waals surface area (Å²) < 4.78 is 2.48. The summed E-state index contributed by atoms with van der Waals surface area (Å²) in [5, 5.41) is 7.38. The number of anilines is 3. The minimum Gasteiger partial charge on any atom is -0.310 e. The zero-order valence-corrected chi connectivity index (χ0v) is 28.5. The Labute approximate surface area is 303 Å². The Kier molecular flexibility index (Phi) is 7.18. The Bertz CT molecular complexity index is 2860.